The normalized spacial score (nSPS) is 19.1. The quantitative estimate of drug-likeness (QED) is 0.874. The number of nitrogens with one attached hydrogen (secondary N) is 1. The summed E-state index contributed by atoms with van der Waals surface area (Å²) in [5.41, 5.74) is 2.66. The van der Waals surface area contributed by atoms with Gasteiger partial charge < -0.3 is 10.2 Å². The summed E-state index contributed by atoms with van der Waals surface area (Å²) >= 11 is 0. The molecule has 1 fully saturated rings. The molecule has 0 bridgehead atoms. The molecule has 1 amide bonds. The fourth-order valence-electron chi connectivity index (χ4n) is 3.09. The first-order chi connectivity index (χ1) is 10.7. The van der Waals surface area contributed by atoms with Gasteiger partial charge in [0, 0.05) is 38.8 Å². The molecule has 1 aromatic carbocycles. The van der Waals surface area contributed by atoms with Crippen molar-refractivity contribution in [2.75, 3.05) is 39.3 Å². The number of carbonyl (C=O) groups excluding carboxylic acids is 1. The smallest absolute Gasteiger partial charge is 0.236 e. The minimum absolute atomic E-state index is 0.238. The second kappa shape index (κ2) is 8.30. The van der Waals surface area contributed by atoms with Gasteiger partial charge >= 0.3 is 0 Å². The summed E-state index contributed by atoms with van der Waals surface area (Å²) in [6.07, 6.45) is 1.06. The Morgan fingerprint density at radius 3 is 2.50 bits per heavy atom. The molecule has 22 heavy (non-hydrogen) atoms. The van der Waals surface area contributed by atoms with Crippen LogP contribution in [0.1, 0.15) is 37.9 Å². The molecule has 0 aliphatic carbocycles. The van der Waals surface area contributed by atoms with Gasteiger partial charge in [0.2, 0.25) is 5.91 Å². The lowest BCUT2D eigenvalue weighted by molar-refractivity contribution is -0.132. The minimum Gasteiger partial charge on any atom is -0.342 e. The second-order valence-corrected chi connectivity index (χ2v) is 5.85. The predicted molar refractivity (Wildman–Crippen MR) is 90.9 cm³/mol. The van der Waals surface area contributed by atoms with Crippen molar-refractivity contribution in [3.05, 3.63) is 35.4 Å². The summed E-state index contributed by atoms with van der Waals surface area (Å²) in [5.74, 6) is 0.238. The summed E-state index contributed by atoms with van der Waals surface area (Å²) in [4.78, 5) is 16.6. The molecule has 1 aromatic rings. The third kappa shape index (κ3) is 4.08. The number of hydrogen-bond acceptors (Lipinski definition) is 3. The van der Waals surface area contributed by atoms with Crippen molar-refractivity contribution in [3.8, 4) is 0 Å². The number of hydrogen-bond donors (Lipinski definition) is 1. The fourth-order valence-corrected chi connectivity index (χ4v) is 3.09. The third-order valence-electron chi connectivity index (χ3n) is 4.58. The molecule has 1 saturated heterocycles. The molecule has 1 aliphatic heterocycles. The summed E-state index contributed by atoms with van der Waals surface area (Å²) in [7, 11) is 0. The highest BCUT2D eigenvalue weighted by Gasteiger charge is 2.26. The van der Waals surface area contributed by atoms with Crippen LogP contribution in [0.4, 0.5) is 0 Å². The summed E-state index contributed by atoms with van der Waals surface area (Å²) in [6, 6.07) is 9.12. The number of carbonyl (C=O) groups is 1. The summed E-state index contributed by atoms with van der Waals surface area (Å²) in [6.45, 7) is 11.1. The molecule has 1 unspecified atom stereocenters. The van der Waals surface area contributed by atoms with Gasteiger partial charge in [-0.3, -0.25) is 9.69 Å². The van der Waals surface area contributed by atoms with E-state index in [0.717, 1.165) is 39.1 Å². The van der Waals surface area contributed by atoms with Crippen molar-refractivity contribution in [3.63, 3.8) is 0 Å². The van der Waals surface area contributed by atoms with Gasteiger partial charge in [0.25, 0.3) is 0 Å². The van der Waals surface area contributed by atoms with Crippen molar-refractivity contribution in [1.29, 1.82) is 0 Å². The highest BCUT2D eigenvalue weighted by Crippen LogP contribution is 2.22. The average molecular weight is 303 g/mol. The van der Waals surface area contributed by atoms with Crippen molar-refractivity contribution in [2.45, 2.75) is 33.2 Å². The maximum Gasteiger partial charge on any atom is 0.236 e. The van der Waals surface area contributed by atoms with E-state index >= 15 is 0 Å². The lowest BCUT2D eigenvalue weighted by atomic mass is 10.0. The molecule has 0 aromatic heterocycles. The molecular formula is C18H29N3O. The molecular weight excluding hydrogens is 274 g/mol. The van der Waals surface area contributed by atoms with Crippen molar-refractivity contribution < 1.29 is 4.79 Å². The van der Waals surface area contributed by atoms with Crippen LogP contribution in [-0.2, 0) is 11.2 Å². The lowest BCUT2D eigenvalue weighted by Gasteiger charge is -2.37. The van der Waals surface area contributed by atoms with Crippen LogP contribution >= 0.6 is 0 Å². The Kier molecular flexibility index (Phi) is 6.40. The minimum atomic E-state index is 0.238. The van der Waals surface area contributed by atoms with Crippen LogP contribution in [0, 0.1) is 0 Å². The first-order valence-corrected chi connectivity index (χ1v) is 8.50. The van der Waals surface area contributed by atoms with E-state index in [0.29, 0.717) is 12.6 Å². The number of rotatable bonds is 6. The maximum atomic E-state index is 12.4. The topological polar surface area (TPSA) is 35.6 Å². The fraction of sp³-hybridized carbons (Fsp3) is 0.611. The molecule has 4 heteroatoms. The maximum absolute atomic E-state index is 12.4. The van der Waals surface area contributed by atoms with Gasteiger partial charge in [-0.1, -0.05) is 31.2 Å². The Morgan fingerprint density at radius 2 is 1.91 bits per heavy atom. The first-order valence-electron chi connectivity index (χ1n) is 8.50. The van der Waals surface area contributed by atoms with Gasteiger partial charge in [-0.2, -0.15) is 0 Å². The molecule has 1 heterocycles. The first kappa shape index (κ1) is 17.0. The molecule has 0 saturated carbocycles. The van der Waals surface area contributed by atoms with Crippen molar-refractivity contribution >= 4 is 5.91 Å². The molecule has 0 radical (unpaired) electrons. The number of nitrogens with zero attached hydrogens (tertiary/aromatic N) is 2. The van der Waals surface area contributed by atoms with E-state index in [1.54, 1.807) is 0 Å². The molecule has 2 rings (SSSR count). The van der Waals surface area contributed by atoms with Crippen LogP contribution in [0.3, 0.4) is 0 Å². The molecule has 1 N–H and O–H groups in total. The monoisotopic (exact) mass is 303 g/mol. The van der Waals surface area contributed by atoms with Crippen LogP contribution in [0.15, 0.2) is 24.3 Å². The standard InChI is InChI=1S/C18H29N3O/c1-4-15-7-9-16(10-8-15)17-13-19-11-12-21(17)14-18(22)20(5-2)6-3/h7-10,17,19H,4-6,11-14H2,1-3H3. The Labute approximate surface area is 134 Å². The second-order valence-electron chi connectivity index (χ2n) is 5.85. The lowest BCUT2D eigenvalue weighted by Crippen LogP contribution is -2.50. The molecule has 1 atom stereocenters. The van der Waals surface area contributed by atoms with Gasteiger partial charge in [0.05, 0.1) is 6.54 Å². The van der Waals surface area contributed by atoms with E-state index < -0.39 is 0 Å². The van der Waals surface area contributed by atoms with Gasteiger partial charge in [0.1, 0.15) is 0 Å². The predicted octanol–water partition coefficient (Wildman–Crippen LogP) is 2.06. The van der Waals surface area contributed by atoms with E-state index in [1.807, 2.05) is 18.7 Å². The Hall–Kier alpha value is -1.39. The zero-order valence-corrected chi connectivity index (χ0v) is 14.1. The van der Waals surface area contributed by atoms with Crippen LogP contribution in [0.2, 0.25) is 0 Å². The van der Waals surface area contributed by atoms with Gasteiger partial charge in [-0.25, -0.2) is 0 Å². The van der Waals surface area contributed by atoms with E-state index in [9.17, 15) is 4.79 Å². The van der Waals surface area contributed by atoms with E-state index in [2.05, 4.69) is 41.4 Å². The number of likely N-dealkylation sites (N-methyl/N-ethyl adjacent to an activating group) is 1. The number of aryl methyl sites for hydroxylation is 1. The van der Waals surface area contributed by atoms with Gasteiger partial charge in [0.15, 0.2) is 0 Å². The van der Waals surface area contributed by atoms with Crippen LogP contribution in [0.5, 0.6) is 0 Å². The zero-order chi connectivity index (χ0) is 15.9. The van der Waals surface area contributed by atoms with Gasteiger partial charge in [-0.05, 0) is 31.4 Å². The molecule has 4 nitrogen and oxygen atoms in total. The zero-order valence-electron chi connectivity index (χ0n) is 14.1. The van der Waals surface area contributed by atoms with E-state index in [-0.39, 0.29) is 5.91 Å². The largest absolute Gasteiger partial charge is 0.342 e. The Balaban J connectivity index is 2.08. The number of piperazine rings is 1. The van der Waals surface area contributed by atoms with Crippen molar-refractivity contribution in [1.82, 2.24) is 15.1 Å². The number of benzene rings is 1. The summed E-state index contributed by atoms with van der Waals surface area (Å²) in [5, 5.41) is 3.46. The van der Waals surface area contributed by atoms with E-state index in [4.69, 9.17) is 0 Å². The third-order valence-corrected chi connectivity index (χ3v) is 4.58. The van der Waals surface area contributed by atoms with Gasteiger partial charge in [-0.15, -0.1) is 0 Å². The Bertz CT molecular complexity index is 468. The van der Waals surface area contributed by atoms with Crippen molar-refractivity contribution in [2.24, 2.45) is 0 Å². The summed E-state index contributed by atoms with van der Waals surface area (Å²) < 4.78 is 0. The highest BCUT2D eigenvalue weighted by atomic mass is 16.2. The van der Waals surface area contributed by atoms with E-state index in [1.165, 1.54) is 11.1 Å². The SMILES string of the molecule is CCc1ccc(C2CNCCN2CC(=O)N(CC)CC)cc1. The highest BCUT2D eigenvalue weighted by molar-refractivity contribution is 5.78. The molecule has 1 aliphatic rings. The molecule has 0 spiro atoms. The molecule has 122 valence electrons. The number of amides is 1. The van der Waals surface area contributed by atoms with Crippen LogP contribution < -0.4 is 5.32 Å². The van der Waals surface area contributed by atoms with Crippen LogP contribution in [0.25, 0.3) is 0 Å². The van der Waals surface area contributed by atoms with Crippen LogP contribution in [-0.4, -0.2) is 55.0 Å². The Morgan fingerprint density at radius 1 is 1.23 bits per heavy atom. The average Bonchev–Trinajstić information content (AvgIpc) is 2.56.